The second-order valence-corrected chi connectivity index (χ2v) is 8.51. The number of rotatable bonds is 3. The molecule has 1 fully saturated rings. The van der Waals surface area contributed by atoms with E-state index in [1.807, 2.05) is 41.3 Å². The lowest BCUT2D eigenvalue weighted by atomic mass is 10.0. The van der Waals surface area contributed by atoms with E-state index >= 15 is 0 Å². The minimum absolute atomic E-state index is 0.0907. The van der Waals surface area contributed by atoms with Crippen molar-refractivity contribution in [2.75, 3.05) is 4.90 Å². The molecule has 4 rings (SSSR count). The average molecular weight is 432 g/mol. The number of para-hydroxylation sites is 2. The predicted molar refractivity (Wildman–Crippen MR) is 108 cm³/mol. The van der Waals surface area contributed by atoms with Gasteiger partial charge in [0.1, 0.15) is 5.75 Å². The monoisotopic (exact) mass is 431 g/mol. The Bertz CT molecular complexity index is 915. The fourth-order valence-electron chi connectivity index (χ4n) is 3.06. The average Bonchev–Trinajstić information content (AvgIpc) is 3.19. The molecule has 2 N–H and O–H groups in total. The van der Waals surface area contributed by atoms with Gasteiger partial charge in [-0.3, -0.25) is 4.98 Å². The quantitative estimate of drug-likeness (QED) is 0.583. The van der Waals surface area contributed by atoms with Crippen LogP contribution in [-0.4, -0.2) is 15.2 Å². The van der Waals surface area contributed by atoms with Gasteiger partial charge in [-0.15, -0.1) is 11.3 Å². The number of pyridine rings is 1. The molecule has 0 bridgehead atoms. The van der Waals surface area contributed by atoms with Crippen LogP contribution in [0.1, 0.15) is 22.7 Å². The summed E-state index contributed by atoms with van der Waals surface area (Å²) in [6.07, 6.45) is 1.78. The molecule has 7 heteroatoms. The molecule has 0 aliphatic carbocycles. The highest BCUT2D eigenvalue weighted by Crippen LogP contribution is 2.46. The molecule has 126 valence electrons. The van der Waals surface area contributed by atoms with Gasteiger partial charge >= 0.3 is 0 Å². The molecule has 4 nitrogen and oxygen atoms in total. The van der Waals surface area contributed by atoms with Gasteiger partial charge in [0, 0.05) is 11.1 Å². The van der Waals surface area contributed by atoms with Gasteiger partial charge in [0.25, 0.3) is 0 Å². The maximum atomic E-state index is 10.4. The normalized spacial score (nSPS) is 19.9. The number of benzene rings is 1. The summed E-state index contributed by atoms with van der Waals surface area (Å²) in [6, 6.07) is 17.0. The van der Waals surface area contributed by atoms with E-state index in [-0.39, 0.29) is 17.8 Å². The third kappa shape index (κ3) is 3.03. The van der Waals surface area contributed by atoms with E-state index in [9.17, 15) is 5.11 Å². The summed E-state index contributed by atoms with van der Waals surface area (Å²) >= 11 is 10.8. The summed E-state index contributed by atoms with van der Waals surface area (Å²) in [5, 5.41) is 14.3. The Morgan fingerprint density at radius 2 is 1.92 bits per heavy atom. The number of aromatic hydroxyl groups is 1. The number of thiocarbonyl (C=S) groups is 1. The number of hydrogen-bond acceptors (Lipinski definition) is 4. The number of hydrogen-bond donors (Lipinski definition) is 2. The Morgan fingerprint density at radius 1 is 1.12 bits per heavy atom. The first kappa shape index (κ1) is 16.5. The van der Waals surface area contributed by atoms with Crippen LogP contribution in [0.4, 0.5) is 5.69 Å². The molecule has 1 aromatic carbocycles. The van der Waals surface area contributed by atoms with Crippen LogP contribution in [0.2, 0.25) is 0 Å². The Balaban J connectivity index is 1.85. The number of phenols is 1. The zero-order valence-electron chi connectivity index (χ0n) is 13.0. The van der Waals surface area contributed by atoms with Crippen LogP contribution in [0.25, 0.3) is 0 Å². The highest BCUT2D eigenvalue weighted by atomic mass is 79.9. The molecule has 1 aliphatic heterocycles. The van der Waals surface area contributed by atoms with Crippen molar-refractivity contribution >= 4 is 50.3 Å². The maximum absolute atomic E-state index is 10.4. The third-order valence-corrected chi connectivity index (χ3v) is 6.13. The zero-order valence-corrected chi connectivity index (χ0v) is 16.2. The zero-order chi connectivity index (χ0) is 17.4. The number of anilines is 1. The van der Waals surface area contributed by atoms with Gasteiger partial charge in [-0.25, -0.2) is 0 Å². The number of phenolic OH excluding ortho intramolecular Hbond substituents is 1. The lowest BCUT2D eigenvalue weighted by Gasteiger charge is -2.27. The topological polar surface area (TPSA) is 48.4 Å². The molecule has 0 amide bonds. The van der Waals surface area contributed by atoms with E-state index in [1.54, 1.807) is 29.7 Å². The lowest BCUT2D eigenvalue weighted by Crippen LogP contribution is -2.29. The molecule has 0 saturated carbocycles. The summed E-state index contributed by atoms with van der Waals surface area (Å²) in [5.41, 5.74) is 1.60. The summed E-state index contributed by atoms with van der Waals surface area (Å²) < 4.78 is 1.05. The SMILES string of the molecule is Oc1ccccc1N1C(=S)N[C@H](c2ccccn2)[C@@H]1c1ccc(Br)s1. The lowest BCUT2D eigenvalue weighted by molar-refractivity contribution is 0.473. The van der Waals surface area contributed by atoms with E-state index < -0.39 is 0 Å². The largest absolute Gasteiger partial charge is 0.506 e. The Labute approximate surface area is 163 Å². The third-order valence-electron chi connectivity index (χ3n) is 4.12. The van der Waals surface area contributed by atoms with E-state index in [0.29, 0.717) is 10.8 Å². The minimum Gasteiger partial charge on any atom is -0.506 e. The molecule has 3 heterocycles. The predicted octanol–water partition coefficient (Wildman–Crippen LogP) is 4.79. The Morgan fingerprint density at radius 3 is 2.60 bits per heavy atom. The van der Waals surface area contributed by atoms with Gasteiger partial charge in [-0.05, 0) is 64.5 Å². The molecule has 2 atom stereocenters. The van der Waals surface area contributed by atoms with Crippen LogP contribution in [-0.2, 0) is 0 Å². The van der Waals surface area contributed by atoms with Crippen LogP contribution in [0.5, 0.6) is 5.75 Å². The molecule has 0 spiro atoms. The van der Waals surface area contributed by atoms with Crippen molar-refractivity contribution in [3.63, 3.8) is 0 Å². The van der Waals surface area contributed by atoms with E-state index in [2.05, 4.69) is 32.3 Å². The minimum atomic E-state index is -0.0983. The maximum Gasteiger partial charge on any atom is 0.174 e. The van der Waals surface area contributed by atoms with Crippen molar-refractivity contribution in [1.29, 1.82) is 0 Å². The number of nitrogens with one attached hydrogen (secondary N) is 1. The van der Waals surface area contributed by atoms with Crippen molar-refractivity contribution in [2.45, 2.75) is 12.1 Å². The summed E-state index contributed by atoms with van der Waals surface area (Å²) in [4.78, 5) is 7.62. The molecule has 0 unspecified atom stereocenters. The second-order valence-electron chi connectivity index (χ2n) is 5.63. The molecule has 2 aromatic heterocycles. The van der Waals surface area contributed by atoms with Crippen molar-refractivity contribution in [2.24, 2.45) is 0 Å². The highest BCUT2D eigenvalue weighted by Gasteiger charge is 2.42. The fourth-order valence-corrected chi connectivity index (χ4v) is 4.95. The molecule has 3 aromatic rings. The molecule has 0 radical (unpaired) electrons. The van der Waals surface area contributed by atoms with Gasteiger partial charge in [-0.2, -0.15) is 0 Å². The van der Waals surface area contributed by atoms with Crippen LogP contribution in [0, 0.1) is 0 Å². The first-order valence-corrected chi connectivity index (χ1v) is 9.71. The molecule has 1 saturated heterocycles. The number of halogens is 1. The molecular formula is C18H14BrN3OS2. The first-order valence-electron chi connectivity index (χ1n) is 7.69. The van der Waals surface area contributed by atoms with Crippen LogP contribution >= 0.6 is 39.5 Å². The standard InChI is InChI=1S/C18H14BrN3OS2/c19-15-9-8-14(25-15)17-16(11-5-3-4-10-20-11)21-18(24)22(17)12-6-1-2-7-13(12)23/h1-10,16-17,23H,(H,21,24)/t16-,17+/m1/s1. The Kier molecular flexibility index (Phi) is 4.45. The fraction of sp³-hybridized carbons (Fsp3) is 0.111. The van der Waals surface area contributed by atoms with Crippen molar-refractivity contribution in [3.05, 3.63) is 75.2 Å². The van der Waals surface area contributed by atoms with E-state index in [1.165, 1.54) is 0 Å². The number of aromatic nitrogens is 1. The van der Waals surface area contributed by atoms with Gasteiger partial charge in [-0.1, -0.05) is 18.2 Å². The van der Waals surface area contributed by atoms with Gasteiger partial charge in [0.2, 0.25) is 0 Å². The summed E-state index contributed by atoms with van der Waals surface area (Å²) in [6.45, 7) is 0. The van der Waals surface area contributed by atoms with E-state index in [4.69, 9.17) is 12.2 Å². The molecular weight excluding hydrogens is 418 g/mol. The smallest absolute Gasteiger partial charge is 0.174 e. The number of nitrogens with zero attached hydrogens (tertiary/aromatic N) is 2. The molecule has 25 heavy (non-hydrogen) atoms. The summed E-state index contributed by atoms with van der Waals surface area (Å²) in [7, 11) is 0. The summed E-state index contributed by atoms with van der Waals surface area (Å²) in [5.74, 6) is 0.203. The van der Waals surface area contributed by atoms with Gasteiger partial charge in [0.05, 0.1) is 27.3 Å². The van der Waals surface area contributed by atoms with Crippen molar-refractivity contribution in [1.82, 2.24) is 10.3 Å². The van der Waals surface area contributed by atoms with Crippen LogP contribution < -0.4 is 10.2 Å². The van der Waals surface area contributed by atoms with Crippen molar-refractivity contribution in [3.8, 4) is 5.75 Å². The Hall–Kier alpha value is -1.96. The second kappa shape index (κ2) is 6.74. The van der Waals surface area contributed by atoms with Crippen LogP contribution in [0.3, 0.4) is 0 Å². The molecule has 1 aliphatic rings. The van der Waals surface area contributed by atoms with Gasteiger partial charge in [0.15, 0.2) is 5.11 Å². The van der Waals surface area contributed by atoms with Crippen LogP contribution in [0.15, 0.2) is 64.6 Å². The van der Waals surface area contributed by atoms with Gasteiger partial charge < -0.3 is 15.3 Å². The first-order chi connectivity index (χ1) is 12.1. The highest BCUT2D eigenvalue weighted by molar-refractivity contribution is 9.11. The number of thiophene rings is 1. The van der Waals surface area contributed by atoms with E-state index in [0.717, 1.165) is 14.4 Å². The van der Waals surface area contributed by atoms with Crippen molar-refractivity contribution < 1.29 is 5.11 Å².